The van der Waals surface area contributed by atoms with Gasteiger partial charge in [0.15, 0.2) is 5.96 Å². The van der Waals surface area contributed by atoms with Gasteiger partial charge in [0, 0.05) is 38.4 Å². The molecule has 3 N–H and O–H groups in total. The fourth-order valence-electron chi connectivity index (χ4n) is 3.45. The molecule has 1 aromatic rings. The summed E-state index contributed by atoms with van der Waals surface area (Å²) in [5, 5.41) is 9.56. The summed E-state index contributed by atoms with van der Waals surface area (Å²) >= 11 is 0. The molecule has 2 unspecified atom stereocenters. The van der Waals surface area contributed by atoms with Crippen molar-refractivity contribution in [2.45, 2.75) is 51.4 Å². The van der Waals surface area contributed by atoms with Gasteiger partial charge in [0.1, 0.15) is 0 Å². The van der Waals surface area contributed by atoms with E-state index in [9.17, 15) is 4.79 Å². The third kappa shape index (κ3) is 6.49. The van der Waals surface area contributed by atoms with Crippen LogP contribution >= 0.6 is 0 Å². The monoisotopic (exact) mass is 388 g/mol. The normalized spacial score (nSPS) is 22.2. The smallest absolute Gasteiger partial charge is 0.251 e. The third-order valence-electron chi connectivity index (χ3n) is 4.99. The Labute approximate surface area is 167 Å². The van der Waals surface area contributed by atoms with E-state index in [0.717, 1.165) is 63.5 Å². The highest BCUT2D eigenvalue weighted by Gasteiger charge is 2.17. The van der Waals surface area contributed by atoms with Crippen molar-refractivity contribution in [3.8, 4) is 0 Å². The summed E-state index contributed by atoms with van der Waals surface area (Å²) in [6.45, 7) is 6.32. The van der Waals surface area contributed by atoms with Crippen LogP contribution in [0, 0.1) is 0 Å². The molecule has 2 heterocycles. The molecule has 7 nitrogen and oxygen atoms in total. The molecule has 7 heteroatoms. The van der Waals surface area contributed by atoms with Crippen LogP contribution in [0.3, 0.4) is 0 Å². The van der Waals surface area contributed by atoms with Crippen LogP contribution in [0.2, 0.25) is 0 Å². The molecular weight excluding hydrogens is 356 g/mol. The zero-order chi connectivity index (χ0) is 19.6. The van der Waals surface area contributed by atoms with Gasteiger partial charge in [-0.25, -0.2) is 4.99 Å². The number of carbonyl (C=O) groups is 1. The van der Waals surface area contributed by atoms with Crippen molar-refractivity contribution < 1.29 is 14.3 Å². The van der Waals surface area contributed by atoms with Crippen LogP contribution in [-0.4, -0.2) is 56.9 Å². The number of carbonyl (C=O) groups excluding carboxylic acids is 1. The highest BCUT2D eigenvalue weighted by atomic mass is 16.5. The van der Waals surface area contributed by atoms with Crippen LogP contribution in [0.25, 0.3) is 0 Å². The molecule has 1 aromatic carbocycles. The van der Waals surface area contributed by atoms with Gasteiger partial charge in [-0.2, -0.15) is 0 Å². The summed E-state index contributed by atoms with van der Waals surface area (Å²) < 4.78 is 11.2. The zero-order valence-corrected chi connectivity index (χ0v) is 16.7. The number of guanidine groups is 1. The largest absolute Gasteiger partial charge is 0.376 e. The molecule has 2 aliphatic rings. The van der Waals surface area contributed by atoms with Crippen molar-refractivity contribution in [2.75, 3.05) is 32.8 Å². The lowest BCUT2D eigenvalue weighted by molar-refractivity contribution is 0.0857. The second-order valence-corrected chi connectivity index (χ2v) is 7.26. The Morgan fingerprint density at radius 1 is 1.07 bits per heavy atom. The number of benzene rings is 1. The summed E-state index contributed by atoms with van der Waals surface area (Å²) in [5.41, 5.74) is 1.65. The number of amides is 1. The zero-order valence-electron chi connectivity index (χ0n) is 16.7. The van der Waals surface area contributed by atoms with Gasteiger partial charge in [-0.05, 0) is 50.3 Å². The minimum atomic E-state index is -0.0651. The van der Waals surface area contributed by atoms with Gasteiger partial charge in [0.05, 0.1) is 18.8 Å². The number of hydrogen-bond acceptors (Lipinski definition) is 4. The Balaban J connectivity index is 1.52. The SMILES string of the molecule is CCNC(=NCc1cccc(C(=O)NCC2CCCO2)c1)NCC1CCCO1. The molecule has 154 valence electrons. The minimum Gasteiger partial charge on any atom is -0.376 e. The molecule has 2 fully saturated rings. The number of aliphatic imine (C=N–C) groups is 1. The lowest BCUT2D eigenvalue weighted by Crippen LogP contribution is -2.41. The first kappa shape index (κ1) is 20.6. The summed E-state index contributed by atoms with van der Waals surface area (Å²) in [7, 11) is 0. The van der Waals surface area contributed by atoms with E-state index in [2.05, 4.69) is 20.9 Å². The van der Waals surface area contributed by atoms with Gasteiger partial charge >= 0.3 is 0 Å². The molecular formula is C21H32N4O3. The average molecular weight is 389 g/mol. The van der Waals surface area contributed by atoms with Crippen molar-refractivity contribution in [3.05, 3.63) is 35.4 Å². The van der Waals surface area contributed by atoms with E-state index < -0.39 is 0 Å². The Morgan fingerprint density at radius 3 is 2.43 bits per heavy atom. The first-order valence-corrected chi connectivity index (χ1v) is 10.4. The second-order valence-electron chi connectivity index (χ2n) is 7.26. The predicted octanol–water partition coefficient (Wildman–Crippen LogP) is 1.83. The van der Waals surface area contributed by atoms with Crippen LogP contribution < -0.4 is 16.0 Å². The topological polar surface area (TPSA) is 84.0 Å². The Kier molecular flexibility index (Phi) is 8.11. The van der Waals surface area contributed by atoms with Crippen molar-refractivity contribution in [2.24, 2.45) is 4.99 Å². The van der Waals surface area contributed by atoms with Crippen molar-refractivity contribution >= 4 is 11.9 Å². The van der Waals surface area contributed by atoms with E-state index in [-0.39, 0.29) is 18.1 Å². The van der Waals surface area contributed by atoms with Crippen LogP contribution in [0.5, 0.6) is 0 Å². The number of nitrogens with one attached hydrogen (secondary N) is 3. The van der Waals surface area contributed by atoms with Crippen LogP contribution in [0.15, 0.2) is 29.3 Å². The van der Waals surface area contributed by atoms with Crippen LogP contribution in [-0.2, 0) is 16.0 Å². The maximum Gasteiger partial charge on any atom is 0.251 e. The standard InChI is InChI=1S/C21H32N4O3/c1-2-22-21(25-15-19-9-5-11-28-19)24-13-16-6-3-7-17(12-16)20(26)23-14-18-8-4-10-27-18/h3,6-7,12,18-19H,2,4-5,8-11,13-15H2,1H3,(H,23,26)(H2,22,24,25). The maximum atomic E-state index is 12.4. The van der Waals surface area contributed by atoms with E-state index in [1.54, 1.807) is 0 Å². The van der Waals surface area contributed by atoms with E-state index >= 15 is 0 Å². The highest BCUT2D eigenvalue weighted by molar-refractivity contribution is 5.94. The lowest BCUT2D eigenvalue weighted by Gasteiger charge is -2.15. The van der Waals surface area contributed by atoms with Crippen LogP contribution in [0.4, 0.5) is 0 Å². The van der Waals surface area contributed by atoms with Gasteiger partial charge < -0.3 is 25.4 Å². The molecule has 28 heavy (non-hydrogen) atoms. The maximum absolute atomic E-state index is 12.4. The van der Waals surface area contributed by atoms with Gasteiger partial charge in [-0.3, -0.25) is 4.79 Å². The molecule has 2 aliphatic heterocycles. The van der Waals surface area contributed by atoms with Crippen molar-refractivity contribution in [1.29, 1.82) is 0 Å². The molecule has 0 aliphatic carbocycles. The van der Waals surface area contributed by atoms with Crippen molar-refractivity contribution in [3.63, 3.8) is 0 Å². The molecule has 0 radical (unpaired) electrons. The molecule has 1 amide bonds. The number of ether oxygens (including phenoxy) is 2. The summed E-state index contributed by atoms with van der Waals surface area (Å²) in [4.78, 5) is 17.0. The molecule has 2 saturated heterocycles. The number of nitrogens with zero attached hydrogens (tertiary/aromatic N) is 1. The summed E-state index contributed by atoms with van der Waals surface area (Å²) in [5.74, 6) is 0.705. The fraction of sp³-hybridized carbons (Fsp3) is 0.619. The number of rotatable bonds is 8. The molecule has 0 spiro atoms. The first-order valence-electron chi connectivity index (χ1n) is 10.4. The summed E-state index contributed by atoms with van der Waals surface area (Å²) in [6, 6.07) is 7.62. The van der Waals surface area contributed by atoms with Crippen molar-refractivity contribution in [1.82, 2.24) is 16.0 Å². The molecule has 3 rings (SSSR count). The molecule has 0 bridgehead atoms. The third-order valence-corrected chi connectivity index (χ3v) is 4.99. The van der Waals surface area contributed by atoms with E-state index in [0.29, 0.717) is 18.7 Å². The van der Waals surface area contributed by atoms with Gasteiger partial charge in [0.25, 0.3) is 5.91 Å². The number of hydrogen-bond donors (Lipinski definition) is 3. The molecule has 2 atom stereocenters. The van der Waals surface area contributed by atoms with Gasteiger partial charge in [-0.15, -0.1) is 0 Å². The minimum absolute atomic E-state index is 0.0651. The quantitative estimate of drug-likeness (QED) is 0.467. The molecule has 0 saturated carbocycles. The molecule has 0 aromatic heterocycles. The van der Waals surface area contributed by atoms with E-state index in [1.807, 2.05) is 31.2 Å². The van der Waals surface area contributed by atoms with Gasteiger partial charge in [-0.1, -0.05) is 12.1 Å². The van der Waals surface area contributed by atoms with E-state index in [4.69, 9.17) is 9.47 Å². The Hall–Kier alpha value is -2.12. The Morgan fingerprint density at radius 2 is 1.79 bits per heavy atom. The van der Waals surface area contributed by atoms with E-state index in [1.165, 1.54) is 0 Å². The lowest BCUT2D eigenvalue weighted by atomic mass is 10.1. The van der Waals surface area contributed by atoms with Crippen LogP contribution in [0.1, 0.15) is 48.5 Å². The first-order chi connectivity index (χ1) is 13.7. The average Bonchev–Trinajstić information content (AvgIpc) is 3.42. The highest BCUT2D eigenvalue weighted by Crippen LogP contribution is 2.12. The Bertz CT molecular complexity index is 653. The summed E-state index contributed by atoms with van der Waals surface area (Å²) in [6.07, 6.45) is 4.72. The van der Waals surface area contributed by atoms with Gasteiger partial charge in [0.2, 0.25) is 0 Å². The fourth-order valence-corrected chi connectivity index (χ4v) is 3.45. The second kappa shape index (κ2) is 11.0. The predicted molar refractivity (Wildman–Crippen MR) is 110 cm³/mol.